The molecule has 1 amide bonds. The van der Waals surface area contributed by atoms with Gasteiger partial charge in [-0.3, -0.25) is 9.59 Å². The maximum absolute atomic E-state index is 13.7. The fraction of sp³-hybridized carbons (Fsp3) is 0.100. The van der Waals surface area contributed by atoms with Gasteiger partial charge in [-0.05, 0) is 36.8 Å². The molecule has 6 heteroatoms. The first-order chi connectivity index (χ1) is 12.4. The number of aromatic hydroxyl groups is 1. The van der Waals surface area contributed by atoms with E-state index in [4.69, 9.17) is 0 Å². The zero-order chi connectivity index (χ0) is 18.8. The Labute approximate surface area is 149 Å². The average molecular weight is 352 g/mol. The standard InChI is InChI=1S/C20H17FN2O3/c1-3-10-23-16-7-5-4-6-14(16)18(24)17(20(23)26)19(25)22-13-9-8-12(2)15(21)11-13/h3-9,11,24H,1,10H2,2H3,(H,22,25). The van der Waals surface area contributed by atoms with Gasteiger partial charge < -0.3 is 15.0 Å². The number of halogens is 1. The molecule has 2 aromatic carbocycles. The van der Waals surface area contributed by atoms with Crippen molar-refractivity contribution in [3.05, 3.63) is 82.4 Å². The number of nitrogens with one attached hydrogen (secondary N) is 1. The van der Waals surface area contributed by atoms with E-state index in [1.807, 2.05) is 0 Å². The molecule has 132 valence electrons. The van der Waals surface area contributed by atoms with Crippen LogP contribution < -0.4 is 10.9 Å². The third kappa shape index (κ3) is 2.97. The number of anilines is 1. The van der Waals surface area contributed by atoms with Crippen LogP contribution in [-0.2, 0) is 6.54 Å². The van der Waals surface area contributed by atoms with Gasteiger partial charge >= 0.3 is 0 Å². The molecule has 1 aromatic heterocycles. The molecule has 26 heavy (non-hydrogen) atoms. The third-order valence-electron chi connectivity index (χ3n) is 4.11. The van der Waals surface area contributed by atoms with E-state index in [2.05, 4.69) is 11.9 Å². The van der Waals surface area contributed by atoms with Crippen molar-refractivity contribution in [2.45, 2.75) is 13.5 Å². The van der Waals surface area contributed by atoms with Gasteiger partial charge in [0.15, 0.2) is 0 Å². The van der Waals surface area contributed by atoms with Crippen molar-refractivity contribution in [2.24, 2.45) is 0 Å². The highest BCUT2D eigenvalue weighted by molar-refractivity contribution is 6.09. The SMILES string of the molecule is C=CCn1c(=O)c(C(=O)Nc2ccc(C)c(F)c2)c(O)c2ccccc21. The number of hydrogen-bond acceptors (Lipinski definition) is 3. The summed E-state index contributed by atoms with van der Waals surface area (Å²) >= 11 is 0. The number of nitrogens with zero attached hydrogens (tertiary/aromatic N) is 1. The molecule has 0 unspecified atom stereocenters. The van der Waals surface area contributed by atoms with Gasteiger partial charge in [0.2, 0.25) is 0 Å². The molecule has 0 spiro atoms. The van der Waals surface area contributed by atoms with Crippen LogP contribution in [-0.4, -0.2) is 15.6 Å². The second kappa shape index (κ2) is 6.84. The van der Waals surface area contributed by atoms with Gasteiger partial charge in [-0.25, -0.2) is 4.39 Å². The number of fused-ring (bicyclic) bond motifs is 1. The van der Waals surface area contributed by atoms with E-state index in [9.17, 15) is 19.1 Å². The predicted molar refractivity (Wildman–Crippen MR) is 99.2 cm³/mol. The van der Waals surface area contributed by atoms with Crippen LogP contribution in [0.15, 0.2) is 59.9 Å². The molecule has 0 radical (unpaired) electrons. The Kier molecular flexibility index (Phi) is 4.58. The molecular weight excluding hydrogens is 335 g/mol. The Morgan fingerprint density at radius 1 is 1.31 bits per heavy atom. The highest BCUT2D eigenvalue weighted by Gasteiger charge is 2.22. The number of hydrogen-bond donors (Lipinski definition) is 2. The zero-order valence-electron chi connectivity index (χ0n) is 14.1. The molecule has 1 heterocycles. The van der Waals surface area contributed by atoms with Gasteiger partial charge in [-0.2, -0.15) is 0 Å². The van der Waals surface area contributed by atoms with Crippen molar-refractivity contribution in [1.29, 1.82) is 0 Å². The molecule has 3 rings (SSSR count). The summed E-state index contributed by atoms with van der Waals surface area (Å²) in [5, 5.41) is 13.3. The lowest BCUT2D eigenvalue weighted by atomic mass is 10.1. The summed E-state index contributed by atoms with van der Waals surface area (Å²) in [6.07, 6.45) is 1.53. The number of allylic oxidation sites excluding steroid dienone is 1. The minimum atomic E-state index is -0.806. The van der Waals surface area contributed by atoms with E-state index < -0.39 is 28.6 Å². The van der Waals surface area contributed by atoms with Crippen LogP contribution in [0.2, 0.25) is 0 Å². The summed E-state index contributed by atoms with van der Waals surface area (Å²) in [5.41, 5.74) is 0.0794. The van der Waals surface area contributed by atoms with Crippen LogP contribution in [0.3, 0.4) is 0 Å². The van der Waals surface area contributed by atoms with Gasteiger partial charge in [0.05, 0.1) is 5.52 Å². The summed E-state index contributed by atoms with van der Waals surface area (Å²) in [6.45, 7) is 5.40. The van der Waals surface area contributed by atoms with Gasteiger partial charge in [0, 0.05) is 17.6 Å². The van der Waals surface area contributed by atoms with Gasteiger partial charge in [0.25, 0.3) is 11.5 Å². The molecule has 0 bridgehead atoms. The number of benzene rings is 2. The minimum Gasteiger partial charge on any atom is -0.506 e. The summed E-state index contributed by atoms with van der Waals surface area (Å²) in [4.78, 5) is 25.4. The Balaban J connectivity index is 2.14. The fourth-order valence-corrected chi connectivity index (χ4v) is 2.77. The number of carbonyl (C=O) groups excluding carboxylic acids is 1. The van der Waals surface area contributed by atoms with E-state index >= 15 is 0 Å². The van der Waals surface area contributed by atoms with Crippen LogP contribution in [0.5, 0.6) is 5.75 Å². The molecule has 0 aliphatic rings. The van der Waals surface area contributed by atoms with Crippen LogP contribution in [0.4, 0.5) is 10.1 Å². The Hall–Kier alpha value is -3.41. The normalized spacial score (nSPS) is 10.7. The van der Waals surface area contributed by atoms with E-state index in [0.717, 1.165) is 6.07 Å². The Morgan fingerprint density at radius 3 is 2.73 bits per heavy atom. The number of rotatable bonds is 4. The monoisotopic (exact) mass is 352 g/mol. The second-order valence-electron chi connectivity index (χ2n) is 5.86. The molecule has 0 saturated heterocycles. The van der Waals surface area contributed by atoms with E-state index in [1.54, 1.807) is 31.2 Å². The number of carbonyl (C=O) groups is 1. The maximum atomic E-state index is 13.7. The summed E-state index contributed by atoms with van der Waals surface area (Å²) in [7, 11) is 0. The number of aryl methyl sites for hydroxylation is 1. The quantitative estimate of drug-likeness (QED) is 0.705. The predicted octanol–water partition coefficient (Wildman–Crippen LogP) is 3.59. The van der Waals surface area contributed by atoms with Crippen molar-refractivity contribution in [3.8, 4) is 5.75 Å². The van der Waals surface area contributed by atoms with Crippen molar-refractivity contribution in [2.75, 3.05) is 5.32 Å². The van der Waals surface area contributed by atoms with Gasteiger partial charge in [0.1, 0.15) is 17.1 Å². The largest absolute Gasteiger partial charge is 0.506 e. The van der Waals surface area contributed by atoms with Gasteiger partial charge in [-0.15, -0.1) is 6.58 Å². The minimum absolute atomic E-state index is 0.180. The van der Waals surface area contributed by atoms with Crippen molar-refractivity contribution < 1.29 is 14.3 Å². The average Bonchev–Trinajstić information content (AvgIpc) is 2.62. The number of aromatic nitrogens is 1. The molecule has 0 aliphatic heterocycles. The van der Waals surface area contributed by atoms with Crippen LogP contribution in [0, 0.1) is 12.7 Å². The second-order valence-corrected chi connectivity index (χ2v) is 5.86. The van der Waals surface area contributed by atoms with Gasteiger partial charge in [-0.1, -0.05) is 24.3 Å². The van der Waals surface area contributed by atoms with Crippen LogP contribution in [0.25, 0.3) is 10.9 Å². The first-order valence-corrected chi connectivity index (χ1v) is 7.97. The molecular formula is C20H17FN2O3. The third-order valence-corrected chi connectivity index (χ3v) is 4.11. The smallest absolute Gasteiger partial charge is 0.268 e. The van der Waals surface area contributed by atoms with Crippen LogP contribution >= 0.6 is 0 Å². The first-order valence-electron chi connectivity index (χ1n) is 7.97. The zero-order valence-corrected chi connectivity index (χ0v) is 14.1. The molecule has 2 N–H and O–H groups in total. The van der Waals surface area contributed by atoms with Crippen molar-refractivity contribution in [1.82, 2.24) is 4.57 Å². The van der Waals surface area contributed by atoms with E-state index in [-0.39, 0.29) is 12.2 Å². The van der Waals surface area contributed by atoms with Crippen molar-refractivity contribution >= 4 is 22.5 Å². The lowest BCUT2D eigenvalue weighted by Crippen LogP contribution is -2.29. The lowest BCUT2D eigenvalue weighted by molar-refractivity contribution is 0.102. The molecule has 0 saturated carbocycles. The van der Waals surface area contributed by atoms with Crippen LogP contribution in [0.1, 0.15) is 15.9 Å². The summed E-state index contributed by atoms with van der Waals surface area (Å²) < 4.78 is 15.0. The lowest BCUT2D eigenvalue weighted by Gasteiger charge is -2.14. The molecule has 0 atom stereocenters. The number of pyridine rings is 1. The number of amides is 1. The highest BCUT2D eigenvalue weighted by atomic mass is 19.1. The fourth-order valence-electron chi connectivity index (χ4n) is 2.77. The van der Waals surface area contributed by atoms with Crippen molar-refractivity contribution in [3.63, 3.8) is 0 Å². The topological polar surface area (TPSA) is 71.3 Å². The van der Waals surface area contributed by atoms with E-state index in [0.29, 0.717) is 16.5 Å². The highest BCUT2D eigenvalue weighted by Crippen LogP contribution is 2.27. The number of para-hydroxylation sites is 1. The molecule has 3 aromatic rings. The maximum Gasteiger partial charge on any atom is 0.268 e. The Bertz CT molecular complexity index is 1090. The molecule has 0 aliphatic carbocycles. The summed E-state index contributed by atoms with van der Waals surface area (Å²) in [6, 6.07) is 10.9. The van der Waals surface area contributed by atoms with E-state index in [1.165, 1.54) is 22.8 Å². The summed E-state index contributed by atoms with van der Waals surface area (Å²) in [5.74, 6) is -1.69. The first kappa shape index (κ1) is 17.4. The Morgan fingerprint density at radius 2 is 2.04 bits per heavy atom. The molecule has 5 nitrogen and oxygen atoms in total. The molecule has 0 fully saturated rings.